The van der Waals surface area contributed by atoms with Crippen LogP contribution in [0.4, 0.5) is 0 Å². The second-order valence-electron chi connectivity index (χ2n) is 5.94. The molecule has 2 N–H and O–H groups in total. The van der Waals surface area contributed by atoms with Gasteiger partial charge in [0.05, 0.1) is 24.5 Å². The highest BCUT2D eigenvalue weighted by molar-refractivity contribution is 5.83. The van der Waals surface area contributed by atoms with E-state index in [1.807, 2.05) is 30.3 Å². The van der Waals surface area contributed by atoms with Crippen molar-refractivity contribution in [3.05, 3.63) is 35.9 Å². The number of aliphatic hydroxyl groups excluding tert-OH is 1. The molecule has 23 heavy (non-hydrogen) atoms. The van der Waals surface area contributed by atoms with Crippen molar-refractivity contribution in [2.75, 3.05) is 13.7 Å². The van der Waals surface area contributed by atoms with Gasteiger partial charge in [-0.1, -0.05) is 30.3 Å². The van der Waals surface area contributed by atoms with Crippen LogP contribution in [0.15, 0.2) is 30.3 Å². The average molecular weight is 322 g/mol. The maximum absolute atomic E-state index is 12.3. The van der Waals surface area contributed by atoms with Gasteiger partial charge in [0.1, 0.15) is 6.61 Å². The van der Waals surface area contributed by atoms with Crippen LogP contribution in [0.1, 0.15) is 24.8 Å². The molecule has 3 atom stereocenters. The maximum Gasteiger partial charge on any atom is 0.310 e. The van der Waals surface area contributed by atoms with E-state index in [2.05, 4.69) is 0 Å². The second-order valence-corrected chi connectivity index (χ2v) is 5.94. The van der Waals surface area contributed by atoms with Gasteiger partial charge in [0.2, 0.25) is 0 Å². The summed E-state index contributed by atoms with van der Waals surface area (Å²) >= 11 is 0. The SMILES string of the molecule is COC(=O)C1CC(O)(CCO)CC1C(=O)OCc1ccccc1. The van der Waals surface area contributed by atoms with Crippen molar-refractivity contribution in [1.29, 1.82) is 0 Å². The zero-order valence-electron chi connectivity index (χ0n) is 13.1. The second kappa shape index (κ2) is 7.57. The van der Waals surface area contributed by atoms with E-state index in [9.17, 15) is 14.7 Å². The summed E-state index contributed by atoms with van der Waals surface area (Å²) in [5, 5.41) is 19.5. The summed E-state index contributed by atoms with van der Waals surface area (Å²) in [5.41, 5.74) is -0.400. The van der Waals surface area contributed by atoms with Crippen molar-refractivity contribution in [3.8, 4) is 0 Å². The van der Waals surface area contributed by atoms with Gasteiger partial charge in [0, 0.05) is 6.61 Å². The Bertz CT molecular complexity index is 543. The van der Waals surface area contributed by atoms with Crippen LogP contribution in [0.25, 0.3) is 0 Å². The first-order chi connectivity index (χ1) is 11.0. The number of aliphatic hydroxyl groups is 2. The number of esters is 2. The predicted molar refractivity (Wildman–Crippen MR) is 81.1 cm³/mol. The molecule has 0 saturated heterocycles. The zero-order valence-corrected chi connectivity index (χ0v) is 13.1. The first kappa shape index (κ1) is 17.4. The van der Waals surface area contributed by atoms with Crippen LogP contribution in [-0.2, 0) is 25.7 Å². The van der Waals surface area contributed by atoms with Gasteiger partial charge < -0.3 is 19.7 Å². The Labute approximate surface area is 135 Å². The molecule has 0 bridgehead atoms. The van der Waals surface area contributed by atoms with Crippen LogP contribution in [0.5, 0.6) is 0 Å². The molecule has 1 fully saturated rings. The van der Waals surface area contributed by atoms with Gasteiger partial charge in [-0.3, -0.25) is 9.59 Å². The standard InChI is InChI=1S/C17H22O6/c1-22-15(19)13-9-17(21,7-8-18)10-14(13)16(20)23-11-12-5-3-2-4-6-12/h2-6,13-14,18,21H,7-11H2,1H3. The van der Waals surface area contributed by atoms with Crippen LogP contribution in [-0.4, -0.2) is 41.5 Å². The van der Waals surface area contributed by atoms with E-state index in [-0.39, 0.29) is 32.5 Å². The molecular weight excluding hydrogens is 300 g/mol. The van der Waals surface area contributed by atoms with Gasteiger partial charge in [-0.15, -0.1) is 0 Å². The fourth-order valence-corrected chi connectivity index (χ4v) is 3.08. The van der Waals surface area contributed by atoms with Crippen molar-refractivity contribution in [3.63, 3.8) is 0 Å². The molecule has 1 aliphatic carbocycles. The Morgan fingerprint density at radius 3 is 2.35 bits per heavy atom. The van der Waals surface area contributed by atoms with Crippen molar-refractivity contribution < 1.29 is 29.3 Å². The number of rotatable bonds is 6. The molecule has 0 spiro atoms. The minimum atomic E-state index is -1.25. The van der Waals surface area contributed by atoms with Crippen LogP contribution in [0, 0.1) is 11.8 Å². The number of hydrogen-bond acceptors (Lipinski definition) is 6. The molecule has 126 valence electrons. The molecule has 0 heterocycles. The van der Waals surface area contributed by atoms with Gasteiger partial charge in [-0.25, -0.2) is 0 Å². The summed E-state index contributed by atoms with van der Waals surface area (Å²) < 4.78 is 10.0. The summed E-state index contributed by atoms with van der Waals surface area (Å²) in [6.45, 7) is -0.0985. The Morgan fingerprint density at radius 1 is 1.17 bits per heavy atom. The molecule has 0 amide bonds. The predicted octanol–water partition coefficient (Wildman–Crippen LogP) is 1.04. The van der Waals surface area contributed by atoms with E-state index >= 15 is 0 Å². The highest BCUT2D eigenvalue weighted by Crippen LogP contribution is 2.42. The van der Waals surface area contributed by atoms with Crippen molar-refractivity contribution in [1.82, 2.24) is 0 Å². The molecule has 1 aromatic carbocycles. The minimum absolute atomic E-state index is 0.0843. The van der Waals surface area contributed by atoms with Crippen LogP contribution in [0.3, 0.4) is 0 Å². The summed E-state index contributed by atoms with van der Waals surface area (Å²) in [6, 6.07) is 9.22. The number of hydrogen-bond donors (Lipinski definition) is 2. The largest absolute Gasteiger partial charge is 0.469 e. The van der Waals surface area contributed by atoms with Crippen LogP contribution in [0.2, 0.25) is 0 Å². The van der Waals surface area contributed by atoms with E-state index in [4.69, 9.17) is 14.6 Å². The van der Waals surface area contributed by atoms with E-state index in [0.29, 0.717) is 0 Å². The summed E-state index contributed by atoms with van der Waals surface area (Å²) in [5.74, 6) is -2.58. The van der Waals surface area contributed by atoms with E-state index < -0.39 is 29.4 Å². The molecule has 1 saturated carbocycles. The molecule has 1 aliphatic rings. The molecule has 1 aromatic rings. The molecule has 0 aliphatic heterocycles. The fourth-order valence-electron chi connectivity index (χ4n) is 3.08. The van der Waals surface area contributed by atoms with Gasteiger partial charge in [-0.05, 0) is 24.8 Å². The summed E-state index contributed by atoms with van der Waals surface area (Å²) in [4.78, 5) is 24.2. The molecule has 3 unspecified atom stereocenters. The highest BCUT2D eigenvalue weighted by atomic mass is 16.5. The first-order valence-corrected chi connectivity index (χ1v) is 7.61. The van der Waals surface area contributed by atoms with E-state index in [0.717, 1.165) is 5.56 Å². The molecule has 0 aromatic heterocycles. The number of methoxy groups -OCH3 is 1. The van der Waals surface area contributed by atoms with E-state index in [1.165, 1.54) is 7.11 Å². The topological polar surface area (TPSA) is 93.1 Å². The van der Waals surface area contributed by atoms with Crippen molar-refractivity contribution in [2.45, 2.75) is 31.5 Å². The third-order valence-electron chi connectivity index (χ3n) is 4.29. The minimum Gasteiger partial charge on any atom is -0.469 e. The summed E-state index contributed by atoms with van der Waals surface area (Å²) in [7, 11) is 1.25. The summed E-state index contributed by atoms with van der Waals surface area (Å²) in [6.07, 6.45) is 0.287. The number of ether oxygens (including phenoxy) is 2. The van der Waals surface area contributed by atoms with E-state index in [1.54, 1.807) is 0 Å². The third kappa shape index (κ3) is 4.30. The fraction of sp³-hybridized carbons (Fsp3) is 0.529. The molecule has 2 rings (SSSR count). The van der Waals surface area contributed by atoms with Crippen LogP contribution < -0.4 is 0 Å². The molecule has 0 radical (unpaired) electrons. The third-order valence-corrected chi connectivity index (χ3v) is 4.29. The monoisotopic (exact) mass is 322 g/mol. The van der Waals surface area contributed by atoms with Crippen molar-refractivity contribution in [2.24, 2.45) is 11.8 Å². The average Bonchev–Trinajstić information content (AvgIpc) is 2.91. The lowest BCUT2D eigenvalue weighted by Crippen LogP contribution is -2.28. The molecule has 6 nitrogen and oxygen atoms in total. The Balaban J connectivity index is 2.04. The lowest BCUT2D eigenvalue weighted by molar-refractivity contribution is -0.158. The quantitative estimate of drug-likeness (QED) is 0.760. The Morgan fingerprint density at radius 2 is 1.78 bits per heavy atom. The maximum atomic E-state index is 12.3. The van der Waals surface area contributed by atoms with Gasteiger partial charge >= 0.3 is 11.9 Å². The zero-order chi connectivity index (χ0) is 16.9. The highest BCUT2D eigenvalue weighted by Gasteiger charge is 2.51. The normalized spacial score (nSPS) is 26.7. The van der Waals surface area contributed by atoms with Gasteiger partial charge in [0.25, 0.3) is 0 Å². The van der Waals surface area contributed by atoms with Crippen LogP contribution >= 0.6 is 0 Å². The van der Waals surface area contributed by atoms with Gasteiger partial charge in [-0.2, -0.15) is 0 Å². The number of benzene rings is 1. The lowest BCUT2D eigenvalue weighted by Gasteiger charge is -2.20. The molecule has 6 heteroatoms. The Kier molecular flexibility index (Phi) is 5.74. The first-order valence-electron chi connectivity index (χ1n) is 7.61. The van der Waals surface area contributed by atoms with Crippen molar-refractivity contribution >= 4 is 11.9 Å². The van der Waals surface area contributed by atoms with Gasteiger partial charge in [0.15, 0.2) is 0 Å². The smallest absolute Gasteiger partial charge is 0.310 e. The Hall–Kier alpha value is -1.92. The number of carbonyl (C=O) groups excluding carboxylic acids is 2. The molecular formula is C17H22O6. The lowest BCUT2D eigenvalue weighted by atomic mass is 9.96. The number of carbonyl (C=O) groups is 2.